The second-order valence-corrected chi connectivity index (χ2v) is 3.79. The third-order valence-corrected chi connectivity index (χ3v) is 2.72. The molecule has 86 valence electrons. The van der Waals surface area contributed by atoms with Gasteiger partial charge in [-0.2, -0.15) is 9.90 Å². The predicted molar refractivity (Wildman–Crippen MR) is 76.5 cm³/mol. The summed E-state index contributed by atoms with van der Waals surface area (Å²) in [5, 5.41) is 10.9. The lowest BCUT2D eigenvalue weighted by molar-refractivity contribution is 0.477. The molecule has 1 aromatic heterocycles. The number of fused-ring (bicyclic) bond motifs is 1. The molecule has 3 heteroatoms. The highest BCUT2D eigenvalue weighted by atomic mass is 31.0. The number of hydrogen-bond donors (Lipinski definition) is 2. The first-order valence-corrected chi connectivity index (χ1v) is 5.21. The van der Waals surface area contributed by atoms with Gasteiger partial charge in [0.15, 0.2) is 0 Å². The summed E-state index contributed by atoms with van der Waals surface area (Å²) in [7, 11) is 0. The van der Waals surface area contributed by atoms with Crippen molar-refractivity contribution in [2.75, 3.05) is 0 Å². The average molecular weight is 243 g/mol. The van der Waals surface area contributed by atoms with Crippen molar-refractivity contribution in [3.05, 3.63) is 54.6 Å². The van der Waals surface area contributed by atoms with Crippen molar-refractivity contribution in [1.29, 1.82) is 0 Å². The van der Waals surface area contributed by atoms with Gasteiger partial charge in [0, 0.05) is 16.5 Å². The zero-order valence-corrected chi connectivity index (χ0v) is 10.8. The Labute approximate surface area is 103 Å². The van der Waals surface area contributed by atoms with Crippen LogP contribution in [0.1, 0.15) is 0 Å². The first-order chi connectivity index (χ1) is 7.84. The van der Waals surface area contributed by atoms with Crippen LogP contribution in [0.4, 0.5) is 0 Å². The highest BCUT2D eigenvalue weighted by molar-refractivity contribution is 6.92. The molecule has 1 atom stereocenters. The molecule has 0 radical (unpaired) electrons. The van der Waals surface area contributed by atoms with Gasteiger partial charge < -0.3 is 10.1 Å². The van der Waals surface area contributed by atoms with E-state index in [2.05, 4.69) is 11.1 Å². The molecule has 3 aromatic rings. The van der Waals surface area contributed by atoms with E-state index >= 15 is 0 Å². The molecule has 0 aliphatic carbocycles. The van der Waals surface area contributed by atoms with Crippen molar-refractivity contribution in [2.24, 2.45) is 0 Å². The number of aromatic amines is 1. The van der Waals surface area contributed by atoms with Gasteiger partial charge in [-0.15, -0.1) is 0 Å². The Morgan fingerprint density at radius 2 is 1.59 bits per heavy atom. The molecule has 0 bridgehead atoms. The van der Waals surface area contributed by atoms with Gasteiger partial charge in [0.2, 0.25) is 0 Å². The summed E-state index contributed by atoms with van der Waals surface area (Å²) in [5.41, 5.74) is 2.86. The number of aromatic nitrogens is 1. The molecule has 0 spiro atoms. The lowest BCUT2D eigenvalue weighted by Crippen LogP contribution is -1.77. The highest BCUT2D eigenvalue weighted by Gasteiger charge is 2.05. The van der Waals surface area contributed by atoms with E-state index in [4.69, 9.17) is 0 Å². The highest BCUT2D eigenvalue weighted by Crippen LogP contribution is 2.30. The first-order valence-electron chi connectivity index (χ1n) is 5.21. The quantitative estimate of drug-likeness (QED) is 0.629. The minimum absolute atomic E-state index is 0. The molecular weight excluding hydrogens is 229 g/mol. The minimum atomic E-state index is 0. The Morgan fingerprint density at radius 3 is 2.35 bits per heavy atom. The molecule has 1 unspecified atom stereocenters. The molecule has 1 heterocycles. The van der Waals surface area contributed by atoms with E-state index in [0.29, 0.717) is 5.75 Å². The molecule has 0 aliphatic heterocycles. The van der Waals surface area contributed by atoms with Crippen LogP contribution in [-0.4, -0.2) is 10.1 Å². The number of benzene rings is 2. The number of rotatable bonds is 1. The van der Waals surface area contributed by atoms with Gasteiger partial charge in [-0.05, 0) is 24.3 Å². The molecular formula is C14H14NOP. The Hall–Kier alpha value is -1.79. The number of H-pyrrole nitrogens is 1. The lowest BCUT2D eigenvalue weighted by atomic mass is 10.1. The fourth-order valence-electron chi connectivity index (χ4n) is 1.92. The predicted octanol–water partition coefficient (Wildman–Crippen LogP) is 3.60. The van der Waals surface area contributed by atoms with Crippen LogP contribution < -0.4 is 0 Å². The zero-order chi connectivity index (χ0) is 11.0. The van der Waals surface area contributed by atoms with Crippen LogP contribution in [0.5, 0.6) is 5.75 Å². The smallest absolute Gasteiger partial charge is 0.124 e. The van der Waals surface area contributed by atoms with Crippen LogP contribution in [0.25, 0.3) is 22.2 Å². The number of phenols is 1. The van der Waals surface area contributed by atoms with Gasteiger partial charge in [-0.25, -0.2) is 0 Å². The standard InChI is InChI=1S/C14H11NO.H3P/c16-14-8-4-2-6-11(14)13-9-10-5-1-3-7-12(10)15-13;/h1-9,15-16H;1H3. The third kappa shape index (κ3) is 2.04. The molecule has 2 aromatic carbocycles. The number of nitrogens with one attached hydrogen (secondary N) is 1. The fraction of sp³-hybridized carbons (Fsp3) is 0. The number of para-hydroxylation sites is 2. The summed E-state index contributed by atoms with van der Waals surface area (Å²) in [6.07, 6.45) is 0. The number of phenolic OH excluding ortho intramolecular Hbond substituents is 1. The van der Waals surface area contributed by atoms with Gasteiger partial charge in [0.05, 0.1) is 5.69 Å². The summed E-state index contributed by atoms with van der Waals surface area (Å²) >= 11 is 0. The van der Waals surface area contributed by atoms with Crippen molar-refractivity contribution in [3.8, 4) is 17.0 Å². The van der Waals surface area contributed by atoms with E-state index < -0.39 is 0 Å². The van der Waals surface area contributed by atoms with Crippen molar-refractivity contribution < 1.29 is 5.11 Å². The van der Waals surface area contributed by atoms with Crippen LogP contribution in [0.15, 0.2) is 54.6 Å². The van der Waals surface area contributed by atoms with E-state index in [9.17, 15) is 5.11 Å². The summed E-state index contributed by atoms with van der Waals surface area (Å²) in [4.78, 5) is 3.29. The normalized spacial score (nSPS) is 10.1. The number of hydrogen-bond acceptors (Lipinski definition) is 1. The van der Waals surface area contributed by atoms with Crippen molar-refractivity contribution >= 4 is 20.8 Å². The molecule has 0 saturated heterocycles. The second kappa shape index (κ2) is 4.60. The van der Waals surface area contributed by atoms with Gasteiger partial charge in [0.1, 0.15) is 5.75 Å². The number of aromatic hydroxyl groups is 1. The maximum atomic E-state index is 9.77. The monoisotopic (exact) mass is 243 g/mol. The molecule has 0 aliphatic rings. The fourth-order valence-corrected chi connectivity index (χ4v) is 1.92. The van der Waals surface area contributed by atoms with Crippen LogP contribution in [-0.2, 0) is 0 Å². The van der Waals surface area contributed by atoms with Crippen LogP contribution in [0.3, 0.4) is 0 Å². The van der Waals surface area contributed by atoms with Crippen molar-refractivity contribution in [3.63, 3.8) is 0 Å². The molecule has 0 saturated carbocycles. The van der Waals surface area contributed by atoms with Crippen LogP contribution in [0, 0.1) is 0 Å². The molecule has 3 rings (SSSR count). The Bertz CT molecular complexity index is 612. The summed E-state index contributed by atoms with van der Waals surface area (Å²) in [6.45, 7) is 0. The molecule has 0 fully saturated rings. The van der Waals surface area contributed by atoms with Gasteiger partial charge >= 0.3 is 0 Å². The van der Waals surface area contributed by atoms with Crippen molar-refractivity contribution in [1.82, 2.24) is 4.98 Å². The Morgan fingerprint density at radius 1 is 0.882 bits per heavy atom. The maximum absolute atomic E-state index is 9.77. The summed E-state index contributed by atoms with van der Waals surface area (Å²) in [6, 6.07) is 17.5. The third-order valence-electron chi connectivity index (χ3n) is 2.72. The van der Waals surface area contributed by atoms with Gasteiger partial charge in [-0.1, -0.05) is 30.3 Å². The zero-order valence-electron chi connectivity index (χ0n) is 9.35. The molecule has 2 N–H and O–H groups in total. The Kier molecular flexibility index (Phi) is 3.16. The van der Waals surface area contributed by atoms with E-state index in [1.807, 2.05) is 42.5 Å². The van der Waals surface area contributed by atoms with E-state index in [-0.39, 0.29) is 9.90 Å². The van der Waals surface area contributed by atoms with E-state index in [1.54, 1.807) is 6.07 Å². The lowest BCUT2D eigenvalue weighted by Gasteiger charge is -2.00. The van der Waals surface area contributed by atoms with Gasteiger partial charge in [0.25, 0.3) is 0 Å². The second-order valence-electron chi connectivity index (χ2n) is 3.79. The van der Waals surface area contributed by atoms with E-state index in [1.165, 1.54) is 0 Å². The SMILES string of the molecule is Oc1ccccc1-c1cc2ccccc2[nH]1.P. The van der Waals surface area contributed by atoms with Gasteiger partial charge in [-0.3, -0.25) is 0 Å². The molecule has 2 nitrogen and oxygen atoms in total. The molecule has 0 amide bonds. The first kappa shape index (κ1) is 11.7. The van der Waals surface area contributed by atoms with Crippen LogP contribution >= 0.6 is 9.90 Å². The minimum Gasteiger partial charge on any atom is -0.507 e. The topological polar surface area (TPSA) is 36.0 Å². The summed E-state index contributed by atoms with van der Waals surface area (Å²) in [5.74, 6) is 0.300. The average Bonchev–Trinajstić information content (AvgIpc) is 2.73. The summed E-state index contributed by atoms with van der Waals surface area (Å²) < 4.78 is 0. The largest absolute Gasteiger partial charge is 0.507 e. The van der Waals surface area contributed by atoms with E-state index in [0.717, 1.165) is 22.2 Å². The maximum Gasteiger partial charge on any atom is 0.124 e. The van der Waals surface area contributed by atoms with Crippen molar-refractivity contribution in [2.45, 2.75) is 0 Å². The molecule has 17 heavy (non-hydrogen) atoms. The Balaban J connectivity index is 0.00000108. The van der Waals surface area contributed by atoms with Crippen LogP contribution in [0.2, 0.25) is 0 Å².